The number of piperidine rings is 4. The Morgan fingerprint density at radius 1 is 1.38 bits per heavy atom. The molecule has 1 spiro atoms. The van der Waals surface area contributed by atoms with E-state index in [0.717, 1.165) is 24.8 Å². The molecule has 5 heteroatoms. The number of esters is 1. The average molecular weight is 350 g/mol. The van der Waals surface area contributed by atoms with Crippen LogP contribution < -0.4 is 0 Å². The molecule has 26 heavy (non-hydrogen) atoms. The van der Waals surface area contributed by atoms with Gasteiger partial charge in [0.05, 0.1) is 22.9 Å². The first-order chi connectivity index (χ1) is 12.6. The quantitative estimate of drug-likeness (QED) is 0.606. The van der Waals surface area contributed by atoms with E-state index in [2.05, 4.69) is 30.0 Å². The molecule has 5 nitrogen and oxygen atoms in total. The van der Waals surface area contributed by atoms with Gasteiger partial charge >= 0.3 is 5.97 Å². The molecule has 5 aliphatic heterocycles. The van der Waals surface area contributed by atoms with Crippen LogP contribution in [0.1, 0.15) is 32.3 Å². The van der Waals surface area contributed by atoms with Crippen LogP contribution >= 0.6 is 0 Å². The number of carbonyl (C=O) groups excluding carboxylic acids is 2. The second kappa shape index (κ2) is 4.63. The van der Waals surface area contributed by atoms with Gasteiger partial charge in [0.25, 0.3) is 0 Å². The maximum Gasteiger partial charge on any atom is 0.302 e. The highest BCUT2D eigenvalue weighted by atomic mass is 16.5. The third-order valence-electron chi connectivity index (χ3n) is 7.91. The molecule has 1 unspecified atom stereocenters. The van der Waals surface area contributed by atoms with Crippen molar-refractivity contribution in [2.24, 2.45) is 22.7 Å². The summed E-state index contributed by atoms with van der Waals surface area (Å²) in [4.78, 5) is 31.5. The molecule has 0 N–H and O–H groups in total. The lowest BCUT2D eigenvalue weighted by Gasteiger charge is -2.60. The number of carbonyl (C=O) groups is 2. The van der Waals surface area contributed by atoms with Crippen molar-refractivity contribution in [1.29, 1.82) is 0 Å². The van der Waals surface area contributed by atoms with E-state index in [0.29, 0.717) is 6.04 Å². The van der Waals surface area contributed by atoms with Crippen LogP contribution in [0.5, 0.6) is 0 Å². The van der Waals surface area contributed by atoms with Crippen molar-refractivity contribution in [2.75, 3.05) is 0 Å². The molecule has 4 saturated heterocycles. The molecule has 9 atom stereocenters. The molecule has 134 valence electrons. The fourth-order valence-corrected chi connectivity index (χ4v) is 7.28. The molecular formula is C21H22N2O3. The Labute approximate surface area is 152 Å². The van der Waals surface area contributed by atoms with E-state index in [1.165, 1.54) is 18.2 Å². The lowest BCUT2D eigenvalue weighted by Crippen LogP contribution is -2.69. The van der Waals surface area contributed by atoms with E-state index >= 15 is 0 Å². The number of hydrogen-bond acceptors (Lipinski definition) is 5. The Bertz CT molecular complexity index is 880. The van der Waals surface area contributed by atoms with Crippen molar-refractivity contribution in [2.45, 2.75) is 56.3 Å². The minimum absolute atomic E-state index is 0.0235. The first-order valence-corrected chi connectivity index (χ1v) is 9.66. The molecule has 0 amide bonds. The van der Waals surface area contributed by atoms with Gasteiger partial charge in [-0.25, -0.2) is 0 Å². The number of nitrogens with zero attached hydrogens (tertiary/aromatic N) is 2. The summed E-state index contributed by atoms with van der Waals surface area (Å²) in [6.45, 7) is 3.69. The molecule has 7 rings (SSSR count). The van der Waals surface area contributed by atoms with Gasteiger partial charge in [0, 0.05) is 30.8 Å². The van der Waals surface area contributed by atoms with Crippen LogP contribution in [0, 0.1) is 17.8 Å². The first kappa shape index (κ1) is 15.1. The lowest BCUT2D eigenvalue weighted by atomic mass is 9.62. The maximum absolute atomic E-state index is 12.0. The topological polar surface area (TPSA) is 59.0 Å². The Hall–Kier alpha value is -2.01. The molecule has 1 saturated carbocycles. The maximum atomic E-state index is 12.0. The zero-order valence-electron chi connectivity index (χ0n) is 15.0. The monoisotopic (exact) mass is 350 g/mol. The molecule has 1 aliphatic carbocycles. The third-order valence-corrected chi connectivity index (χ3v) is 7.91. The minimum atomic E-state index is -0.287. The molecule has 1 aromatic rings. The number of aldehydes is 1. The standard InChI is InChI=1S/C21H22N2O3/c1-10-13(9-24)12-7-16-19-21(14-5-3-4-6-15(14)22-19)8-17(23(10)16)18(12)20(21)26-11(2)25/h3-6,9-10,12-13,16-18,20H,7-8H2,1-2H3/t10-,12+,13-,16+,17+,18+,20-,21-/m1/s1. The summed E-state index contributed by atoms with van der Waals surface area (Å²) in [5, 5.41) is 0. The molecule has 5 bridgehead atoms. The van der Waals surface area contributed by atoms with E-state index < -0.39 is 0 Å². The lowest BCUT2D eigenvalue weighted by molar-refractivity contribution is -0.159. The summed E-state index contributed by atoms with van der Waals surface area (Å²) in [7, 11) is 0. The van der Waals surface area contributed by atoms with Gasteiger partial charge in [0.1, 0.15) is 12.4 Å². The Balaban J connectivity index is 1.61. The van der Waals surface area contributed by atoms with Crippen molar-refractivity contribution in [3.63, 3.8) is 0 Å². The number of fused-ring (bicyclic) bond motifs is 2. The van der Waals surface area contributed by atoms with E-state index in [-0.39, 0.29) is 47.3 Å². The van der Waals surface area contributed by atoms with Gasteiger partial charge in [0.15, 0.2) is 0 Å². The zero-order valence-corrected chi connectivity index (χ0v) is 15.0. The Morgan fingerprint density at radius 2 is 2.19 bits per heavy atom. The van der Waals surface area contributed by atoms with Crippen molar-refractivity contribution < 1.29 is 14.3 Å². The highest BCUT2D eigenvalue weighted by Gasteiger charge is 2.75. The first-order valence-electron chi connectivity index (χ1n) is 9.66. The van der Waals surface area contributed by atoms with E-state index in [9.17, 15) is 9.59 Å². The second-order valence-electron chi connectivity index (χ2n) is 8.68. The van der Waals surface area contributed by atoms with Crippen molar-refractivity contribution in [3.8, 4) is 0 Å². The van der Waals surface area contributed by atoms with Gasteiger partial charge in [0.2, 0.25) is 0 Å². The van der Waals surface area contributed by atoms with Crippen LogP contribution in [-0.4, -0.2) is 47.1 Å². The summed E-state index contributed by atoms with van der Waals surface area (Å²) in [5.41, 5.74) is 3.15. The summed E-state index contributed by atoms with van der Waals surface area (Å²) >= 11 is 0. The van der Waals surface area contributed by atoms with Gasteiger partial charge in [-0.3, -0.25) is 14.7 Å². The van der Waals surface area contributed by atoms with Gasteiger partial charge in [-0.2, -0.15) is 0 Å². The van der Waals surface area contributed by atoms with Crippen LogP contribution in [-0.2, 0) is 19.7 Å². The van der Waals surface area contributed by atoms with Crippen LogP contribution in [0.2, 0.25) is 0 Å². The summed E-state index contributed by atoms with van der Waals surface area (Å²) in [5.74, 6) is 0.299. The predicted octanol–water partition coefficient (Wildman–Crippen LogP) is 2.25. The number of ether oxygens (including phenoxy) is 1. The summed E-state index contributed by atoms with van der Waals surface area (Å²) in [6.07, 6.45) is 2.85. The number of para-hydroxylation sites is 1. The van der Waals surface area contributed by atoms with Crippen LogP contribution in [0.25, 0.3) is 0 Å². The zero-order chi connectivity index (χ0) is 17.8. The van der Waals surface area contributed by atoms with Crippen LogP contribution in [0.15, 0.2) is 29.3 Å². The van der Waals surface area contributed by atoms with E-state index in [1.807, 2.05) is 6.07 Å². The molecule has 0 radical (unpaired) electrons. The fourth-order valence-electron chi connectivity index (χ4n) is 7.28. The Kier molecular flexibility index (Phi) is 2.69. The molecule has 6 aliphatic rings. The SMILES string of the molecule is CC(=O)O[C@@H]1[C@H]2[C@H]3C[C@H]4C5=Nc6ccccc6[C@]51C[C@@H]2N4[C@H](C)[C@H]3C=O. The van der Waals surface area contributed by atoms with E-state index in [4.69, 9.17) is 9.73 Å². The molecule has 5 fully saturated rings. The number of aliphatic imine (C=N–C) groups is 1. The van der Waals surface area contributed by atoms with Gasteiger partial charge in [-0.05, 0) is 37.3 Å². The molecular weight excluding hydrogens is 328 g/mol. The van der Waals surface area contributed by atoms with Crippen LogP contribution in [0.4, 0.5) is 5.69 Å². The molecule has 1 aromatic carbocycles. The van der Waals surface area contributed by atoms with Crippen molar-refractivity contribution in [1.82, 2.24) is 4.90 Å². The highest BCUT2D eigenvalue weighted by molar-refractivity contribution is 6.08. The van der Waals surface area contributed by atoms with Gasteiger partial charge in [-0.15, -0.1) is 0 Å². The average Bonchev–Trinajstić information content (AvgIpc) is 3.08. The van der Waals surface area contributed by atoms with E-state index in [1.54, 1.807) is 0 Å². The fraction of sp³-hybridized carbons (Fsp3) is 0.571. The van der Waals surface area contributed by atoms with Crippen molar-refractivity contribution in [3.05, 3.63) is 29.8 Å². The highest BCUT2D eigenvalue weighted by Crippen LogP contribution is 2.67. The minimum Gasteiger partial charge on any atom is -0.461 e. The summed E-state index contributed by atoms with van der Waals surface area (Å²) < 4.78 is 6.04. The number of rotatable bonds is 2. The largest absolute Gasteiger partial charge is 0.461 e. The third kappa shape index (κ3) is 1.44. The summed E-state index contributed by atoms with van der Waals surface area (Å²) in [6, 6.07) is 9.21. The van der Waals surface area contributed by atoms with Gasteiger partial charge in [-0.1, -0.05) is 18.2 Å². The number of hydrogen-bond donors (Lipinski definition) is 0. The van der Waals surface area contributed by atoms with Gasteiger partial charge < -0.3 is 9.53 Å². The van der Waals surface area contributed by atoms with Crippen LogP contribution in [0.3, 0.4) is 0 Å². The predicted molar refractivity (Wildman–Crippen MR) is 95.4 cm³/mol. The molecule has 5 heterocycles. The Morgan fingerprint density at radius 3 is 2.96 bits per heavy atom. The van der Waals surface area contributed by atoms with Crippen molar-refractivity contribution >= 4 is 23.7 Å². The smallest absolute Gasteiger partial charge is 0.302 e. The second-order valence-corrected chi connectivity index (χ2v) is 8.68. The number of benzene rings is 1. The molecule has 0 aromatic heterocycles. The normalized spacial score (nSPS) is 48.8.